The summed E-state index contributed by atoms with van der Waals surface area (Å²) < 4.78 is 10.3. The predicted molar refractivity (Wildman–Crippen MR) is 116 cm³/mol. The first-order chi connectivity index (χ1) is 14.4. The Morgan fingerprint density at radius 3 is 2.50 bits per heavy atom. The molecule has 4 atom stereocenters. The molecule has 0 unspecified atom stereocenters. The Labute approximate surface area is 180 Å². The van der Waals surface area contributed by atoms with Gasteiger partial charge in [-0.2, -0.15) is 0 Å². The molecule has 1 N–H and O–H groups in total. The molecule has 0 radical (unpaired) electrons. The normalized spacial score (nSPS) is 23.9. The Hall–Kier alpha value is -1.95. The van der Waals surface area contributed by atoms with E-state index in [1.165, 1.54) is 25.8 Å². The third kappa shape index (κ3) is 10.2. The van der Waals surface area contributed by atoms with E-state index in [1.807, 2.05) is 0 Å². The molecule has 1 saturated carbocycles. The highest BCUT2D eigenvalue weighted by atomic mass is 16.5. The molecule has 0 heterocycles. The van der Waals surface area contributed by atoms with E-state index < -0.39 is 12.2 Å². The average molecular weight is 423 g/mol. The van der Waals surface area contributed by atoms with Crippen molar-refractivity contribution in [2.75, 3.05) is 6.61 Å². The molecule has 0 aromatic rings. The summed E-state index contributed by atoms with van der Waals surface area (Å²) in [4.78, 5) is 35.0. The van der Waals surface area contributed by atoms with Gasteiger partial charge in [0.2, 0.25) is 0 Å². The van der Waals surface area contributed by atoms with Crippen LogP contribution in [0, 0.1) is 11.8 Å². The van der Waals surface area contributed by atoms with Gasteiger partial charge in [0.15, 0.2) is 5.78 Å². The Morgan fingerprint density at radius 2 is 1.83 bits per heavy atom. The van der Waals surface area contributed by atoms with Crippen molar-refractivity contribution < 1.29 is 29.0 Å². The molecular formula is C24H38O6. The second kappa shape index (κ2) is 14.9. The van der Waals surface area contributed by atoms with Crippen molar-refractivity contribution in [2.24, 2.45) is 11.8 Å². The van der Waals surface area contributed by atoms with Crippen LogP contribution in [0.1, 0.15) is 78.6 Å². The van der Waals surface area contributed by atoms with Crippen LogP contribution >= 0.6 is 0 Å². The summed E-state index contributed by atoms with van der Waals surface area (Å²) in [6.45, 7) is 5.61. The van der Waals surface area contributed by atoms with Crippen LogP contribution in [0.25, 0.3) is 0 Å². The number of esters is 2. The van der Waals surface area contributed by atoms with E-state index in [4.69, 9.17) is 9.47 Å². The van der Waals surface area contributed by atoms with E-state index in [0.29, 0.717) is 25.9 Å². The summed E-state index contributed by atoms with van der Waals surface area (Å²) in [5.74, 6) is -1.08. The lowest BCUT2D eigenvalue weighted by Gasteiger charge is -2.21. The summed E-state index contributed by atoms with van der Waals surface area (Å²) in [6, 6.07) is 0. The van der Waals surface area contributed by atoms with Crippen LogP contribution in [-0.2, 0) is 23.9 Å². The molecule has 0 amide bonds. The van der Waals surface area contributed by atoms with Gasteiger partial charge in [-0.25, -0.2) is 0 Å². The number of hydrogen-bond donors (Lipinski definition) is 1. The Kier molecular flexibility index (Phi) is 13.0. The van der Waals surface area contributed by atoms with Crippen molar-refractivity contribution in [1.29, 1.82) is 0 Å². The number of unbranched alkanes of at least 4 members (excludes halogenated alkanes) is 3. The summed E-state index contributed by atoms with van der Waals surface area (Å²) in [5.41, 5.74) is 0. The highest BCUT2D eigenvalue weighted by Crippen LogP contribution is 2.38. The first-order valence-electron chi connectivity index (χ1n) is 11.3. The zero-order valence-corrected chi connectivity index (χ0v) is 18.7. The van der Waals surface area contributed by atoms with Gasteiger partial charge >= 0.3 is 11.9 Å². The molecular weight excluding hydrogens is 384 g/mol. The molecule has 0 aliphatic heterocycles. The average Bonchev–Trinajstić information content (AvgIpc) is 2.96. The van der Waals surface area contributed by atoms with E-state index in [9.17, 15) is 19.5 Å². The number of allylic oxidation sites excluding steroid dienone is 3. The van der Waals surface area contributed by atoms with Gasteiger partial charge in [0.25, 0.3) is 0 Å². The number of ketones is 1. The second-order valence-corrected chi connectivity index (χ2v) is 7.88. The van der Waals surface area contributed by atoms with Crippen LogP contribution in [0.15, 0.2) is 24.3 Å². The molecule has 1 aliphatic rings. The topological polar surface area (TPSA) is 89.9 Å². The molecule has 0 aromatic heterocycles. The minimum Gasteiger partial charge on any atom is -0.466 e. The standard InChI is InChI=1S/C24H38O6/c1-4-6-7-8-9-10-13-20-21(23(17-22(20)27)30-18(3)25)16-15-19(26)12-11-14-24(28)29-5-2/h9-10,15-16,20-23,27H,4-8,11-14,17H2,1-3H3/b10-9-,16-15+/t20-,21+,22-,23+/m0/s1. The van der Waals surface area contributed by atoms with Crippen molar-refractivity contribution >= 4 is 17.7 Å². The van der Waals surface area contributed by atoms with Crippen LogP contribution in [0.2, 0.25) is 0 Å². The number of ether oxygens (including phenoxy) is 2. The van der Waals surface area contributed by atoms with E-state index in [-0.39, 0.29) is 42.4 Å². The molecule has 6 heteroatoms. The number of rotatable bonds is 14. The van der Waals surface area contributed by atoms with Gasteiger partial charge in [-0.05, 0) is 44.6 Å². The van der Waals surface area contributed by atoms with Crippen molar-refractivity contribution in [3.05, 3.63) is 24.3 Å². The van der Waals surface area contributed by atoms with Crippen molar-refractivity contribution in [1.82, 2.24) is 0 Å². The zero-order chi connectivity index (χ0) is 22.4. The van der Waals surface area contributed by atoms with E-state index >= 15 is 0 Å². The Bertz CT molecular complexity index is 595. The summed E-state index contributed by atoms with van der Waals surface area (Å²) in [7, 11) is 0. The van der Waals surface area contributed by atoms with E-state index in [0.717, 1.165) is 12.8 Å². The summed E-state index contributed by atoms with van der Waals surface area (Å²) in [6.07, 6.45) is 13.0. The lowest BCUT2D eigenvalue weighted by Crippen LogP contribution is -2.23. The fourth-order valence-corrected chi connectivity index (χ4v) is 3.85. The number of hydrogen-bond acceptors (Lipinski definition) is 6. The Balaban J connectivity index is 2.66. The molecule has 1 rings (SSSR count). The molecule has 30 heavy (non-hydrogen) atoms. The van der Waals surface area contributed by atoms with Gasteiger partial charge in [0, 0.05) is 32.1 Å². The Morgan fingerprint density at radius 1 is 1.07 bits per heavy atom. The number of carbonyl (C=O) groups excluding carboxylic acids is 3. The maximum atomic E-state index is 12.2. The van der Waals surface area contributed by atoms with Gasteiger partial charge in [0.1, 0.15) is 6.10 Å². The maximum Gasteiger partial charge on any atom is 0.305 e. The van der Waals surface area contributed by atoms with Crippen LogP contribution in [-0.4, -0.2) is 41.6 Å². The van der Waals surface area contributed by atoms with Gasteiger partial charge in [-0.1, -0.05) is 38.0 Å². The van der Waals surface area contributed by atoms with E-state index in [2.05, 4.69) is 19.1 Å². The predicted octanol–water partition coefficient (Wildman–Crippen LogP) is 4.30. The molecule has 1 fully saturated rings. The molecule has 0 aromatic carbocycles. The lowest BCUT2D eigenvalue weighted by atomic mass is 9.89. The minimum absolute atomic E-state index is 0.0869. The highest BCUT2D eigenvalue weighted by molar-refractivity contribution is 5.89. The summed E-state index contributed by atoms with van der Waals surface area (Å²) >= 11 is 0. The largest absolute Gasteiger partial charge is 0.466 e. The number of carbonyl (C=O) groups is 3. The molecule has 1 aliphatic carbocycles. The molecule has 170 valence electrons. The SMILES string of the molecule is CCCCC/C=C\C[C@H]1[C@@H](/C=C/C(=O)CCCC(=O)OCC)[C@H](OC(C)=O)C[C@@H]1O. The van der Waals surface area contributed by atoms with Gasteiger partial charge in [-0.3, -0.25) is 14.4 Å². The number of aliphatic hydroxyl groups excluding tert-OH is 1. The fraction of sp³-hybridized carbons (Fsp3) is 0.708. The van der Waals surface area contributed by atoms with Gasteiger partial charge < -0.3 is 14.6 Å². The first-order valence-corrected chi connectivity index (χ1v) is 11.3. The molecule has 0 spiro atoms. The lowest BCUT2D eigenvalue weighted by molar-refractivity contribution is -0.147. The summed E-state index contributed by atoms with van der Waals surface area (Å²) in [5, 5.41) is 10.5. The third-order valence-electron chi connectivity index (χ3n) is 5.37. The fourth-order valence-electron chi connectivity index (χ4n) is 3.85. The smallest absolute Gasteiger partial charge is 0.305 e. The minimum atomic E-state index is -0.580. The zero-order valence-electron chi connectivity index (χ0n) is 18.7. The van der Waals surface area contributed by atoms with Crippen LogP contribution < -0.4 is 0 Å². The monoisotopic (exact) mass is 422 g/mol. The van der Waals surface area contributed by atoms with E-state index in [1.54, 1.807) is 13.0 Å². The highest BCUT2D eigenvalue weighted by Gasteiger charge is 2.42. The van der Waals surface area contributed by atoms with Crippen molar-refractivity contribution in [3.63, 3.8) is 0 Å². The van der Waals surface area contributed by atoms with Crippen LogP contribution in [0.5, 0.6) is 0 Å². The van der Waals surface area contributed by atoms with Crippen molar-refractivity contribution in [3.8, 4) is 0 Å². The quantitative estimate of drug-likeness (QED) is 0.194. The molecule has 0 saturated heterocycles. The third-order valence-corrected chi connectivity index (χ3v) is 5.37. The van der Waals surface area contributed by atoms with Gasteiger partial charge in [0.05, 0.1) is 12.7 Å². The maximum absolute atomic E-state index is 12.2. The molecule has 6 nitrogen and oxygen atoms in total. The van der Waals surface area contributed by atoms with Crippen molar-refractivity contribution in [2.45, 2.75) is 90.8 Å². The second-order valence-electron chi connectivity index (χ2n) is 7.88. The first kappa shape index (κ1) is 26.1. The van der Waals surface area contributed by atoms with Gasteiger partial charge in [-0.15, -0.1) is 0 Å². The molecule has 0 bridgehead atoms. The number of aliphatic hydroxyl groups is 1. The van der Waals surface area contributed by atoms with Crippen LogP contribution in [0.4, 0.5) is 0 Å². The van der Waals surface area contributed by atoms with Crippen LogP contribution in [0.3, 0.4) is 0 Å².